The summed E-state index contributed by atoms with van der Waals surface area (Å²) < 4.78 is 18.3. The van der Waals surface area contributed by atoms with Gasteiger partial charge in [0.1, 0.15) is 11.5 Å². The fourth-order valence-corrected chi connectivity index (χ4v) is 7.08. The molecule has 0 spiro atoms. The molecule has 4 aromatic rings. The van der Waals surface area contributed by atoms with E-state index < -0.39 is 17.7 Å². The average Bonchev–Trinajstić information content (AvgIpc) is 3.67. The number of benzene rings is 3. The van der Waals surface area contributed by atoms with Crippen molar-refractivity contribution >= 4 is 57.3 Å². The van der Waals surface area contributed by atoms with Crippen molar-refractivity contribution in [1.29, 1.82) is 0 Å². The zero-order valence-corrected chi connectivity index (χ0v) is 29.5. The average molecular weight is 708 g/mol. The van der Waals surface area contributed by atoms with Crippen LogP contribution in [0.4, 0.5) is 5.13 Å². The van der Waals surface area contributed by atoms with E-state index in [1.165, 1.54) is 28.0 Å². The summed E-state index contributed by atoms with van der Waals surface area (Å²) in [6, 6.07) is 18.6. The topological polar surface area (TPSA) is 111 Å². The van der Waals surface area contributed by atoms with Gasteiger partial charge in [-0.15, -0.1) is 10.2 Å². The van der Waals surface area contributed by atoms with Gasteiger partial charge >= 0.3 is 5.91 Å². The van der Waals surface area contributed by atoms with Gasteiger partial charge in [-0.25, -0.2) is 0 Å². The zero-order valence-electron chi connectivity index (χ0n) is 27.1. The number of Topliss-reactive ketones (excluding diaryl/α,β-unsaturated/α-hetero) is 1. The largest absolute Gasteiger partial charge is 0.507 e. The number of hydrogen-bond acceptors (Lipinski definition) is 10. The van der Waals surface area contributed by atoms with E-state index in [-0.39, 0.29) is 16.5 Å². The van der Waals surface area contributed by atoms with Crippen LogP contribution in [-0.2, 0) is 15.3 Å². The summed E-state index contributed by atoms with van der Waals surface area (Å²) in [5, 5.41) is 21.2. The molecule has 1 unspecified atom stereocenters. The summed E-state index contributed by atoms with van der Waals surface area (Å²) in [6.07, 6.45) is 3.87. The van der Waals surface area contributed by atoms with E-state index in [1.54, 1.807) is 42.5 Å². The quantitative estimate of drug-likeness (QED) is 0.0305. The Bertz CT molecular complexity index is 1740. The molecular weight excluding hydrogens is 670 g/mol. The molecule has 252 valence electrons. The van der Waals surface area contributed by atoms with Gasteiger partial charge in [0, 0.05) is 16.3 Å². The first-order valence-corrected chi connectivity index (χ1v) is 18.2. The molecule has 1 saturated heterocycles. The van der Waals surface area contributed by atoms with Gasteiger partial charge in [-0.1, -0.05) is 79.6 Å². The number of amides is 1. The maximum absolute atomic E-state index is 13.8. The predicted octanol–water partition coefficient (Wildman–Crippen LogP) is 8.87. The third-order valence-corrected chi connectivity index (χ3v) is 9.89. The minimum absolute atomic E-state index is 0.0631. The molecule has 1 amide bonds. The third kappa shape index (κ3) is 8.32. The zero-order chi connectivity index (χ0) is 34.0. The summed E-state index contributed by atoms with van der Waals surface area (Å²) in [6.45, 7) is 7.49. The molecule has 1 atom stereocenters. The second-order valence-electron chi connectivity index (χ2n) is 11.0. The number of halogens is 1. The van der Waals surface area contributed by atoms with Crippen LogP contribution in [-0.4, -0.2) is 46.8 Å². The van der Waals surface area contributed by atoms with E-state index >= 15 is 0 Å². The van der Waals surface area contributed by atoms with Gasteiger partial charge in [0.05, 0.1) is 31.4 Å². The van der Waals surface area contributed by atoms with Crippen molar-refractivity contribution < 1.29 is 28.9 Å². The molecule has 0 saturated carbocycles. The van der Waals surface area contributed by atoms with E-state index in [2.05, 4.69) is 17.1 Å². The Morgan fingerprint density at radius 2 is 1.67 bits per heavy atom. The fraction of sp³-hybridized carbons (Fsp3) is 0.333. The lowest BCUT2D eigenvalue weighted by Crippen LogP contribution is -2.29. The molecule has 1 fully saturated rings. The molecular formula is C36H38ClN3O6S2. The molecule has 9 nitrogen and oxygen atoms in total. The van der Waals surface area contributed by atoms with Gasteiger partial charge in [0.25, 0.3) is 5.78 Å². The maximum atomic E-state index is 13.8. The van der Waals surface area contributed by atoms with E-state index in [0.717, 1.165) is 31.2 Å². The number of ether oxygens (including phenoxy) is 3. The Morgan fingerprint density at radius 3 is 2.38 bits per heavy atom. The van der Waals surface area contributed by atoms with Crippen LogP contribution in [0.2, 0.25) is 5.02 Å². The number of hydrogen-bond donors (Lipinski definition) is 1. The standard InChI is InChI=1S/C36H38ClN3O6S2/c1-4-7-8-20-46-28-18-13-25(21-29(28)44-6-3)31-30(32(41)24-11-16-27(17-12-24)45-19-5-2)33(42)34(43)40(31)35-38-39-36(48-35)47-22-23-9-14-26(37)15-10-23/h9-18,21,31,41H,4-8,19-20,22H2,1-3H3/b32-30+. The summed E-state index contributed by atoms with van der Waals surface area (Å²) in [7, 11) is 0. The first-order chi connectivity index (χ1) is 23.3. The van der Waals surface area contributed by atoms with Crippen molar-refractivity contribution in [2.45, 2.75) is 62.6 Å². The normalized spacial score (nSPS) is 15.6. The molecule has 0 radical (unpaired) electrons. The smallest absolute Gasteiger partial charge is 0.301 e. The molecule has 1 aromatic heterocycles. The number of carbonyl (C=O) groups is 2. The van der Waals surface area contributed by atoms with Crippen molar-refractivity contribution in [3.63, 3.8) is 0 Å². The van der Waals surface area contributed by atoms with Crippen LogP contribution in [0, 0.1) is 0 Å². The molecule has 12 heteroatoms. The lowest BCUT2D eigenvalue weighted by atomic mass is 9.95. The Balaban J connectivity index is 1.53. The van der Waals surface area contributed by atoms with Crippen LogP contribution >= 0.6 is 34.7 Å². The Kier molecular flexibility index (Phi) is 12.4. The Morgan fingerprint density at radius 1 is 0.896 bits per heavy atom. The Hall–Kier alpha value is -4.06. The van der Waals surface area contributed by atoms with Gasteiger partial charge in [0.2, 0.25) is 5.13 Å². The molecule has 0 aliphatic carbocycles. The number of carbonyl (C=O) groups excluding carboxylic acids is 2. The predicted molar refractivity (Wildman–Crippen MR) is 191 cm³/mol. The monoisotopic (exact) mass is 707 g/mol. The summed E-state index contributed by atoms with van der Waals surface area (Å²) in [4.78, 5) is 28.9. The van der Waals surface area contributed by atoms with Crippen molar-refractivity contribution in [3.05, 3.63) is 94.0 Å². The molecule has 1 N–H and O–H groups in total. The Labute approximate surface area is 293 Å². The number of thioether (sulfide) groups is 1. The summed E-state index contributed by atoms with van der Waals surface area (Å²) in [5.41, 5.74) is 1.91. The summed E-state index contributed by atoms with van der Waals surface area (Å²) in [5.74, 6) is 0.351. The highest BCUT2D eigenvalue weighted by molar-refractivity contribution is 8.00. The highest BCUT2D eigenvalue weighted by Crippen LogP contribution is 2.46. The van der Waals surface area contributed by atoms with Gasteiger partial charge in [-0.2, -0.15) is 0 Å². The van der Waals surface area contributed by atoms with Crippen molar-refractivity contribution in [2.75, 3.05) is 24.7 Å². The molecule has 5 rings (SSSR count). The van der Waals surface area contributed by atoms with E-state index in [1.807, 2.05) is 38.1 Å². The van der Waals surface area contributed by atoms with Crippen molar-refractivity contribution in [1.82, 2.24) is 10.2 Å². The molecule has 48 heavy (non-hydrogen) atoms. The molecule has 1 aliphatic heterocycles. The van der Waals surface area contributed by atoms with E-state index in [0.29, 0.717) is 63.3 Å². The number of ketones is 1. The van der Waals surface area contributed by atoms with Crippen LogP contribution in [0.15, 0.2) is 76.6 Å². The number of aliphatic hydroxyl groups is 1. The number of unbranched alkanes of at least 4 members (excludes halogenated alkanes) is 2. The third-order valence-electron chi connectivity index (χ3n) is 7.51. The minimum Gasteiger partial charge on any atom is -0.507 e. The minimum atomic E-state index is -1.00. The van der Waals surface area contributed by atoms with Crippen molar-refractivity contribution in [2.24, 2.45) is 0 Å². The highest BCUT2D eigenvalue weighted by Gasteiger charge is 2.48. The van der Waals surface area contributed by atoms with Gasteiger partial charge in [0.15, 0.2) is 15.8 Å². The van der Waals surface area contributed by atoms with Crippen LogP contribution in [0.25, 0.3) is 5.76 Å². The molecule has 1 aliphatic rings. The number of anilines is 1. The van der Waals surface area contributed by atoms with Gasteiger partial charge in [-0.05, 0) is 79.4 Å². The van der Waals surface area contributed by atoms with Crippen molar-refractivity contribution in [3.8, 4) is 17.2 Å². The number of aliphatic hydroxyl groups excluding tert-OH is 1. The summed E-state index contributed by atoms with van der Waals surface area (Å²) >= 11 is 8.69. The van der Waals surface area contributed by atoms with Gasteiger partial charge < -0.3 is 19.3 Å². The first kappa shape index (κ1) is 35.3. The maximum Gasteiger partial charge on any atom is 0.301 e. The van der Waals surface area contributed by atoms with Crippen LogP contribution < -0.4 is 19.1 Å². The highest BCUT2D eigenvalue weighted by atomic mass is 35.5. The van der Waals surface area contributed by atoms with Crippen LogP contribution in [0.5, 0.6) is 17.2 Å². The van der Waals surface area contributed by atoms with E-state index in [9.17, 15) is 14.7 Å². The molecule has 0 bridgehead atoms. The molecule has 3 aromatic carbocycles. The number of aromatic nitrogens is 2. The lowest BCUT2D eigenvalue weighted by Gasteiger charge is -2.23. The van der Waals surface area contributed by atoms with Crippen LogP contribution in [0.3, 0.4) is 0 Å². The first-order valence-electron chi connectivity index (χ1n) is 16.0. The second kappa shape index (κ2) is 16.9. The van der Waals surface area contributed by atoms with E-state index in [4.69, 9.17) is 25.8 Å². The lowest BCUT2D eigenvalue weighted by molar-refractivity contribution is -0.132. The van der Waals surface area contributed by atoms with Crippen LogP contribution in [0.1, 0.15) is 69.2 Å². The number of rotatable bonds is 16. The number of nitrogens with zero attached hydrogens (tertiary/aromatic N) is 3. The molecule has 2 heterocycles. The SMILES string of the molecule is CCCCCOc1ccc(C2/C(=C(\O)c3ccc(OCCC)cc3)C(=O)C(=O)N2c2nnc(SCc3ccc(Cl)cc3)s2)cc1OCC. The van der Waals surface area contributed by atoms with Gasteiger partial charge in [-0.3, -0.25) is 14.5 Å². The fourth-order valence-electron chi connectivity index (χ4n) is 5.13. The second-order valence-corrected chi connectivity index (χ2v) is 13.6.